The molecule has 8 heteroatoms. The minimum atomic E-state index is -0.884. The minimum Gasteiger partial charge on any atom is -0.503 e. The fourth-order valence-corrected chi connectivity index (χ4v) is 2.05. The second-order valence-electron chi connectivity index (χ2n) is 4.44. The number of aromatic hydroxyl groups is 4. The maximum Gasteiger partial charge on any atom is 0.206 e. The van der Waals surface area contributed by atoms with E-state index in [1.807, 2.05) is 0 Å². The van der Waals surface area contributed by atoms with Gasteiger partial charge in [-0.2, -0.15) is 0 Å². The zero-order valence-electron chi connectivity index (χ0n) is 10.4. The molecule has 0 spiro atoms. The third-order valence-electron chi connectivity index (χ3n) is 3.11. The van der Waals surface area contributed by atoms with E-state index in [1.54, 1.807) is 0 Å². The van der Waals surface area contributed by atoms with E-state index < -0.39 is 28.8 Å². The average molecular weight is 291 g/mol. The molecule has 0 atom stereocenters. The number of anilines is 1. The topological polar surface area (TPSA) is 136 Å². The van der Waals surface area contributed by atoms with Gasteiger partial charge in [-0.15, -0.1) is 0 Å². The molecular formula is C13H10FN3O4. The van der Waals surface area contributed by atoms with Gasteiger partial charge in [0.2, 0.25) is 11.5 Å². The molecule has 7 N–H and O–H groups in total. The van der Waals surface area contributed by atoms with Crippen LogP contribution in [0.15, 0.2) is 18.2 Å². The molecule has 0 saturated carbocycles. The number of hydrogen-bond acceptors (Lipinski definition) is 6. The number of nitrogens with zero attached hydrogens (tertiary/aromatic N) is 1. The molecule has 0 unspecified atom stereocenters. The lowest BCUT2D eigenvalue weighted by Crippen LogP contribution is -1.92. The Balaban J connectivity index is 2.31. The molecule has 0 saturated heterocycles. The van der Waals surface area contributed by atoms with Gasteiger partial charge >= 0.3 is 0 Å². The number of nitrogens with two attached hydrogens (primary N) is 1. The lowest BCUT2D eigenvalue weighted by Gasteiger charge is -2.03. The first-order chi connectivity index (χ1) is 9.90. The first-order valence-electron chi connectivity index (χ1n) is 5.81. The number of aromatic nitrogens is 2. The van der Waals surface area contributed by atoms with Crippen molar-refractivity contribution in [2.75, 3.05) is 5.73 Å². The second kappa shape index (κ2) is 4.17. The highest BCUT2D eigenvalue weighted by molar-refractivity contribution is 5.95. The largest absolute Gasteiger partial charge is 0.503 e. The summed E-state index contributed by atoms with van der Waals surface area (Å²) in [5, 5.41) is 38.4. The minimum absolute atomic E-state index is 0.0819. The monoisotopic (exact) mass is 291 g/mol. The lowest BCUT2D eigenvalue weighted by atomic mass is 10.1. The summed E-state index contributed by atoms with van der Waals surface area (Å²) in [6, 6.07) is 3.64. The number of halogens is 1. The van der Waals surface area contributed by atoms with Crippen molar-refractivity contribution in [3.8, 4) is 34.4 Å². The molecule has 0 aliphatic heterocycles. The van der Waals surface area contributed by atoms with Crippen molar-refractivity contribution in [3.63, 3.8) is 0 Å². The highest BCUT2D eigenvalue weighted by Gasteiger charge is 2.22. The zero-order valence-corrected chi connectivity index (χ0v) is 10.4. The molecule has 0 amide bonds. The van der Waals surface area contributed by atoms with Crippen LogP contribution < -0.4 is 5.73 Å². The summed E-state index contributed by atoms with van der Waals surface area (Å²) in [4.78, 5) is 6.65. The molecule has 108 valence electrons. The Labute approximate surface area is 116 Å². The van der Waals surface area contributed by atoms with Crippen molar-refractivity contribution in [1.82, 2.24) is 9.97 Å². The number of nitrogens with one attached hydrogen (secondary N) is 1. The number of fused-ring (bicyclic) bond motifs is 1. The van der Waals surface area contributed by atoms with Crippen molar-refractivity contribution >= 4 is 16.7 Å². The Morgan fingerprint density at radius 1 is 1.00 bits per heavy atom. The Morgan fingerprint density at radius 2 is 1.67 bits per heavy atom. The number of H-pyrrole nitrogens is 1. The number of imidazole rings is 1. The Bertz CT molecular complexity index is 831. The molecule has 0 radical (unpaired) electrons. The van der Waals surface area contributed by atoms with Gasteiger partial charge in [0.1, 0.15) is 22.7 Å². The molecule has 2 aromatic carbocycles. The van der Waals surface area contributed by atoms with Gasteiger partial charge in [0.05, 0.1) is 0 Å². The van der Waals surface area contributed by atoms with E-state index in [2.05, 4.69) is 9.97 Å². The number of benzene rings is 2. The summed E-state index contributed by atoms with van der Waals surface area (Å²) >= 11 is 0. The van der Waals surface area contributed by atoms with Gasteiger partial charge < -0.3 is 31.1 Å². The number of phenolic OH excluding ortho intramolecular Hbond substituents is 4. The van der Waals surface area contributed by atoms with Crippen LogP contribution in [0.4, 0.5) is 10.1 Å². The van der Waals surface area contributed by atoms with Crippen molar-refractivity contribution in [2.45, 2.75) is 0 Å². The van der Waals surface area contributed by atoms with Crippen molar-refractivity contribution in [1.29, 1.82) is 0 Å². The van der Waals surface area contributed by atoms with Crippen molar-refractivity contribution in [2.24, 2.45) is 0 Å². The molecule has 1 heterocycles. The fraction of sp³-hybridized carbons (Fsp3) is 0. The molecule has 3 rings (SSSR count). The van der Waals surface area contributed by atoms with E-state index in [-0.39, 0.29) is 22.5 Å². The fourth-order valence-electron chi connectivity index (χ4n) is 2.05. The summed E-state index contributed by atoms with van der Waals surface area (Å²) in [6.45, 7) is 0. The van der Waals surface area contributed by atoms with Crippen molar-refractivity contribution in [3.05, 3.63) is 24.0 Å². The van der Waals surface area contributed by atoms with Gasteiger partial charge in [-0.05, 0) is 18.2 Å². The van der Waals surface area contributed by atoms with E-state index in [0.29, 0.717) is 5.56 Å². The normalized spacial score (nSPS) is 11.1. The predicted molar refractivity (Wildman–Crippen MR) is 72.6 cm³/mol. The highest BCUT2D eigenvalue weighted by Crippen LogP contribution is 2.48. The van der Waals surface area contributed by atoms with E-state index in [9.17, 15) is 24.8 Å². The first kappa shape index (κ1) is 12.9. The molecule has 0 aliphatic rings. The van der Waals surface area contributed by atoms with E-state index in [0.717, 1.165) is 6.07 Å². The third kappa shape index (κ3) is 1.76. The van der Waals surface area contributed by atoms with Gasteiger partial charge in [0, 0.05) is 11.3 Å². The molecule has 7 nitrogen and oxygen atoms in total. The maximum atomic E-state index is 13.0. The third-order valence-corrected chi connectivity index (χ3v) is 3.11. The van der Waals surface area contributed by atoms with E-state index in [1.165, 1.54) is 12.1 Å². The molecule has 0 bridgehead atoms. The molecule has 0 aliphatic carbocycles. The first-order valence-corrected chi connectivity index (χ1v) is 5.81. The quantitative estimate of drug-likeness (QED) is 0.230. The lowest BCUT2D eigenvalue weighted by molar-refractivity contribution is 0.350. The van der Waals surface area contributed by atoms with Crippen LogP contribution >= 0.6 is 0 Å². The molecule has 1 aromatic heterocycles. The van der Waals surface area contributed by atoms with Gasteiger partial charge in [-0.1, -0.05) is 0 Å². The van der Waals surface area contributed by atoms with Gasteiger partial charge in [-0.25, -0.2) is 9.37 Å². The van der Waals surface area contributed by atoms with Crippen LogP contribution in [0, 0.1) is 5.82 Å². The maximum absolute atomic E-state index is 13.0. The molecule has 21 heavy (non-hydrogen) atoms. The number of aromatic amines is 1. The predicted octanol–water partition coefficient (Wildman–Crippen LogP) is 1.77. The SMILES string of the molecule is Nc1cc(F)ccc1-c1nc2c(O)c(O)c(O)c(O)c2[nH]1. The summed E-state index contributed by atoms with van der Waals surface area (Å²) in [5.41, 5.74) is 5.89. The van der Waals surface area contributed by atoms with Crippen LogP contribution in [-0.2, 0) is 0 Å². The van der Waals surface area contributed by atoms with Crippen LogP contribution in [0.5, 0.6) is 23.0 Å². The van der Waals surface area contributed by atoms with E-state index in [4.69, 9.17) is 5.73 Å². The number of nitrogen functional groups attached to an aromatic ring is 1. The Kier molecular flexibility index (Phi) is 2.55. The smallest absolute Gasteiger partial charge is 0.206 e. The average Bonchev–Trinajstić information content (AvgIpc) is 2.88. The number of phenols is 4. The second-order valence-corrected chi connectivity index (χ2v) is 4.44. The van der Waals surface area contributed by atoms with Gasteiger partial charge in [0.25, 0.3) is 0 Å². The van der Waals surface area contributed by atoms with Crippen LogP contribution in [0.1, 0.15) is 0 Å². The summed E-state index contributed by atoms with van der Waals surface area (Å²) < 4.78 is 13.0. The Hall–Kier alpha value is -3.16. The summed E-state index contributed by atoms with van der Waals surface area (Å²) in [7, 11) is 0. The Morgan fingerprint density at radius 3 is 2.33 bits per heavy atom. The molecule has 3 aromatic rings. The zero-order chi connectivity index (χ0) is 15.3. The molecule has 0 fully saturated rings. The summed E-state index contributed by atoms with van der Waals surface area (Å²) in [5.74, 6) is -3.50. The van der Waals surface area contributed by atoms with Crippen LogP contribution in [-0.4, -0.2) is 30.4 Å². The van der Waals surface area contributed by atoms with Gasteiger partial charge in [-0.3, -0.25) is 0 Å². The van der Waals surface area contributed by atoms with Crippen LogP contribution in [0.25, 0.3) is 22.4 Å². The number of rotatable bonds is 1. The number of hydrogen-bond donors (Lipinski definition) is 6. The molecular weight excluding hydrogens is 281 g/mol. The standard InChI is InChI=1S/C13H10FN3O4/c14-4-1-2-5(6(15)3-4)13-16-7-8(17-13)10(19)12(21)11(20)9(7)18/h1-3,18-21H,15H2,(H,16,17). The highest BCUT2D eigenvalue weighted by atomic mass is 19.1. The van der Waals surface area contributed by atoms with Crippen LogP contribution in [0.3, 0.4) is 0 Å². The van der Waals surface area contributed by atoms with E-state index >= 15 is 0 Å². The van der Waals surface area contributed by atoms with Crippen molar-refractivity contribution < 1.29 is 24.8 Å². The summed E-state index contributed by atoms with van der Waals surface area (Å²) in [6.07, 6.45) is 0. The van der Waals surface area contributed by atoms with Gasteiger partial charge in [0.15, 0.2) is 11.5 Å². The van der Waals surface area contributed by atoms with Crippen LogP contribution in [0.2, 0.25) is 0 Å².